The predicted molar refractivity (Wildman–Crippen MR) is 149 cm³/mol. The zero-order chi connectivity index (χ0) is 24.9. The molecule has 5 saturated heterocycles. The Balaban J connectivity index is 1.10. The van der Waals surface area contributed by atoms with Gasteiger partial charge in [0.2, 0.25) is 0 Å². The Morgan fingerprint density at radius 3 is 2.55 bits per heavy atom. The Kier molecular flexibility index (Phi) is 4.62. The molecule has 1 aromatic heterocycles. The average Bonchev–Trinajstić information content (AvgIpc) is 3.59. The molecular weight excluding hydrogens is 470 g/mol. The molecule has 5 aliphatic heterocycles. The van der Waals surface area contributed by atoms with Crippen LogP contribution >= 0.6 is 0 Å². The Morgan fingerprint density at radius 2 is 1.74 bits per heavy atom. The molecule has 10 rings (SSSR count). The van der Waals surface area contributed by atoms with Crippen LogP contribution in [0.4, 0.5) is 5.82 Å². The van der Waals surface area contributed by atoms with Gasteiger partial charge in [-0.25, -0.2) is 0 Å². The molecule has 0 radical (unpaired) electrons. The maximum Gasteiger partial charge on any atom is 0.318 e. The van der Waals surface area contributed by atoms with Crippen molar-refractivity contribution in [1.82, 2.24) is 20.2 Å². The van der Waals surface area contributed by atoms with E-state index in [1.165, 1.54) is 84.8 Å². The molecule has 6 heteroatoms. The lowest BCUT2D eigenvalue weighted by Crippen LogP contribution is -2.67. The second kappa shape index (κ2) is 7.92. The Morgan fingerprint density at radius 1 is 0.947 bits per heavy atom. The minimum absolute atomic E-state index is 0.136. The molecule has 2 bridgehead atoms. The van der Waals surface area contributed by atoms with Crippen molar-refractivity contribution >= 4 is 16.6 Å². The van der Waals surface area contributed by atoms with Gasteiger partial charge in [-0.15, -0.1) is 0 Å². The fraction of sp³-hybridized carbons (Fsp3) is 0.562. The summed E-state index contributed by atoms with van der Waals surface area (Å²) in [5.41, 5.74) is 6.01. The van der Waals surface area contributed by atoms with Gasteiger partial charge in [-0.3, -0.25) is 4.90 Å². The zero-order valence-electron chi connectivity index (χ0n) is 22.2. The van der Waals surface area contributed by atoms with Crippen LogP contribution < -0.4 is 15.0 Å². The third-order valence-corrected chi connectivity index (χ3v) is 11.0. The van der Waals surface area contributed by atoms with Crippen LogP contribution in [0.1, 0.15) is 60.9 Å². The number of hydrogen-bond acceptors (Lipinski definition) is 6. The van der Waals surface area contributed by atoms with Crippen LogP contribution in [-0.4, -0.2) is 65.3 Å². The highest BCUT2D eigenvalue weighted by Gasteiger charge is 2.47. The molecule has 3 atom stereocenters. The van der Waals surface area contributed by atoms with Gasteiger partial charge in [0, 0.05) is 42.6 Å². The van der Waals surface area contributed by atoms with Gasteiger partial charge < -0.3 is 15.0 Å². The lowest BCUT2D eigenvalue weighted by Gasteiger charge is -2.49. The topological polar surface area (TPSA) is 53.5 Å². The number of nitrogens with zero attached hydrogens (tertiary/aromatic N) is 4. The zero-order valence-corrected chi connectivity index (χ0v) is 22.2. The van der Waals surface area contributed by atoms with E-state index < -0.39 is 0 Å². The van der Waals surface area contributed by atoms with Crippen molar-refractivity contribution in [3.63, 3.8) is 0 Å². The van der Waals surface area contributed by atoms with E-state index in [1.54, 1.807) is 0 Å². The molecule has 0 amide bonds. The highest BCUT2D eigenvalue weighted by atomic mass is 16.5. The summed E-state index contributed by atoms with van der Waals surface area (Å²) in [6.07, 6.45) is 10.7. The summed E-state index contributed by atoms with van der Waals surface area (Å²) >= 11 is 0. The van der Waals surface area contributed by atoms with E-state index in [2.05, 4.69) is 51.5 Å². The summed E-state index contributed by atoms with van der Waals surface area (Å²) in [5.74, 6) is 1.16. The Hall–Kier alpha value is -2.70. The largest absolute Gasteiger partial charge is 0.461 e. The minimum Gasteiger partial charge on any atom is -0.461 e. The highest BCUT2D eigenvalue weighted by molar-refractivity contribution is 5.92. The number of ether oxygens (including phenoxy) is 1. The summed E-state index contributed by atoms with van der Waals surface area (Å²) in [6, 6.07) is 15.6. The van der Waals surface area contributed by atoms with Crippen LogP contribution in [0.15, 0.2) is 36.4 Å². The van der Waals surface area contributed by atoms with Crippen LogP contribution in [0.3, 0.4) is 0 Å². The second-order valence-electron chi connectivity index (χ2n) is 13.1. The highest BCUT2D eigenvalue weighted by Crippen LogP contribution is 2.50. The van der Waals surface area contributed by atoms with E-state index in [9.17, 15) is 0 Å². The van der Waals surface area contributed by atoms with Crippen molar-refractivity contribution in [3.05, 3.63) is 58.8 Å². The van der Waals surface area contributed by atoms with Gasteiger partial charge in [0.1, 0.15) is 12.4 Å². The van der Waals surface area contributed by atoms with E-state index in [0.717, 1.165) is 44.8 Å². The Labute approximate surface area is 224 Å². The van der Waals surface area contributed by atoms with Crippen LogP contribution in [0, 0.1) is 0 Å². The van der Waals surface area contributed by atoms with E-state index in [1.807, 2.05) is 0 Å². The van der Waals surface area contributed by atoms with Crippen LogP contribution in [0.2, 0.25) is 0 Å². The predicted octanol–water partition coefficient (Wildman–Crippen LogP) is 4.17. The molecule has 2 aliphatic carbocycles. The molecular formula is C32H37N5O. The molecule has 6 nitrogen and oxygen atoms in total. The summed E-state index contributed by atoms with van der Waals surface area (Å²) in [6.45, 7) is 5.27. The molecule has 0 saturated carbocycles. The monoisotopic (exact) mass is 507 g/mol. The summed E-state index contributed by atoms with van der Waals surface area (Å²) in [5, 5.41) is 6.57. The Bertz CT molecular complexity index is 1420. The third-order valence-electron chi connectivity index (χ3n) is 11.0. The third kappa shape index (κ3) is 3.13. The molecule has 38 heavy (non-hydrogen) atoms. The number of piperazine rings is 1. The van der Waals surface area contributed by atoms with Gasteiger partial charge in [-0.05, 0) is 86.4 Å². The van der Waals surface area contributed by atoms with E-state index in [4.69, 9.17) is 14.7 Å². The number of nitrogens with one attached hydrogen (secondary N) is 1. The first-order chi connectivity index (χ1) is 18.7. The van der Waals surface area contributed by atoms with Crippen molar-refractivity contribution in [2.45, 2.75) is 80.8 Å². The fourth-order valence-corrected chi connectivity index (χ4v) is 9.19. The molecule has 3 unspecified atom stereocenters. The molecule has 196 valence electrons. The maximum atomic E-state index is 6.59. The number of aromatic nitrogens is 2. The number of rotatable bonds is 4. The fourth-order valence-electron chi connectivity index (χ4n) is 9.19. The molecule has 1 N–H and O–H groups in total. The van der Waals surface area contributed by atoms with E-state index in [0.29, 0.717) is 18.1 Å². The van der Waals surface area contributed by atoms with Crippen molar-refractivity contribution in [2.24, 2.45) is 0 Å². The van der Waals surface area contributed by atoms with Gasteiger partial charge >= 0.3 is 6.01 Å². The maximum absolute atomic E-state index is 6.59. The SMILES string of the molecule is c1cc2c3c(cccc3c1)C1(CCc3c(nc(OCC45CCCN4CCC5)nc3N3CC4CC(C3)N4)C1)C2. The number of piperidine rings is 1. The lowest BCUT2D eigenvalue weighted by molar-refractivity contribution is 0.107. The first-order valence-corrected chi connectivity index (χ1v) is 15.0. The summed E-state index contributed by atoms with van der Waals surface area (Å²) in [4.78, 5) is 15.6. The summed E-state index contributed by atoms with van der Waals surface area (Å²) < 4.78 is 6.59. The van der Waals surface area contributed by atoms with Crippen molar-refractivity contribution in [1.29, 1.82) is 0 Å². The van der Waals surface area contributed by atoms with Crippen LogP contribution in [0.5, 0.6) is 6.01 Å². The van der Waals surface area contributed by atoms with Crippen molar-refractivity contribution < 1.29 is 4.74 Å². The van der Waals surface area contributed by atoms with Gasteiger partial charge in [-0.1, -0.05) is 36.4 Å². The second-order valence-corrected chi connectivity index (χ2v) is 13.1. The number of hydrogen-bond donors (Lipinski definition) is 1. The van der Waals surface area contributed by atoms with E-state index >= 15 is 0 Å². The van der Waals surface area contributed by atoms with Gasteiger partial charge in [0.25, 0.3) is 0 Å². The smallest absolute Gasteiger partial charge is 0.318 e. The molecule has 5 fully saturated rings. The average molecular weight is 508 g/mol. The van der Waals surface area contributed by atoms with E-state index in [-0.39, 0.29) is 11.0 Å². The quantitative estimate of drug-likeness (QED) is 0.572. The lowest BCUT2D eigenvalue weighted by atomic mass is 9.69. The normalized spacial score (nSPS) is 30.5. The standard InChI is InChI=1S/C32H37N5O/c1-5-21-6-2-8-26-28(21)22(7-1)16-31(26)12-9-25-27(17-31)34-30(35-29(25)36-18-23-15-24(19-36)33-23)38-20-32-10-3-13-37(32)14-4-11-32/h1-2,5-8,23-24,33H,3-4,9-20H2. The molecule has 1 spiro atoms. The number of fused-ring (bicyclic) bond motifs is 5. The van der Waals surface area contributed by atoms with Crippen LogP contribution in [-0.2, 0) is 24.7 Å². The molecule has 6 heterocycles. The van der Waals surface area contributed by atoms with Gasteiger partial charge in [0.05, 0.1) is 11.2 Å². The van der Waals surface area contributed by atoms with Gasteiger partial charge in [-0.2, -0.15) is 9.97 Å². The van der Waals surface area contributed by atoms with Gasteiger partial charge in [0.15, 0.2) is 0 Å². The minimum atomic E-state index is 0.136. The van der Waals surface area contributed by atoms with Crippen molar-refractivity contribution in [3.8, 4) is 6.01 Å². The number of benzene rings is 2. The first-order valence-electron chi connectivity index (χ1n) is 15.0. The molecule has 2 aromatic carbocycles. The van der Waals surface area contributed by atoms with Crippen LogP contribution in [0.25, 0.3) is 10.8 Å². The first kappa shape index (κ1) is 22.2. The summed E-state index contributed by atoms with van der Waals surface area (Å²) in [7, 11) is 0. The van der Waals surface area contributed by atoms with Crippen molar-refractivity contribution in [2.75, 3.05) is 37.7 Å². The molecule has 7 aliphatic rings. The number of anilines is 1. The molecule has 3 aromatic rings.